The van der Waals surface area contributed by atoms with Crippen LogP contribution < -0.4 is 4.72 Å². The fraction of sp³-hybridized carbons (Fsp3) is 0.125. The van der Waals surface area contributed by atoms with E-state index in [1.807, 2.05) is 6.07 Å². The van der Waals surface area contributed by atoms with E-state index in [9.17, 15) is 22.9 Å². The van der Waals surface area contributed by atoms with Crippen LogP contribution in [0.5, 0.6) is 0 Å². The Morgan fingerprint density at radius 2 is 1.89 bits per heavy atom. The average Bonchev–Trinajstić information content (AvgIpc) is 3.12. The van der Waals surface area contributed by atoms with Crippen molar-refractivity contribution < 1.29 is 17.7 Å². The second kappa shape index (κ2) is 7.21. The summed E-state index contributed by atoms with van der Waals surface area (Å²) in [5, 5.41) is 18.9. The third-order valence-electron chi connectivity index (χ3n) is 3.72. The molecule has 0 aliphatic heterocycles. The van der Waals surface area contributed by atoms with Gasteiger partial charge in [0.1, 0.15) is 11.5 Å². The van der Waals surface area contributed by atoms with Gasteiger partial charge in [0.05, 0.1) is 22.8 Å². The highest BCUT2D eigenvalue weighted by atomic mass is 32.2. The normalized spacial score (nSPS) is 12.7. The van der Waals surface area contributed by atoms with Gasteiger partial charge in [0, 0.05) is 6.07 Å². The number of nitrogens with zero attached hydrogens (tertiary/aromatic N) is 4. The Kier molecular flexibility index (Phi) is 4.97. The zero-order chi connectivity index (χ0) is 19.6. The molecule has 1 unspecified atom stereocenters. The molecule has 11 heteroatoms. The Morgan fingerprint density at radius 1 is 1.19 bits per heavy atom. The number of rotatable bonds is 6. The second-order valence-electron chi connectivity index (χ2n) is 5.61. The topological polar surface area (TPSA) is 120 Å². The van der Waals surface area contributed by atoms with Crippen LogP contribution in [0.3, 0.4) is 0 Å². The van der Waals surface area contributed by atoms with E-state index in [0.717, 1.165) is 23.9 Å². The second-order valence-corrected chi connectivity index (χ2v) is 7.26. The summed E-state index contributed by atoms with van der Waals surface area (Å²) in [6, 6.07) is 11.0. The summed E-state index contributed by atoms with van der Waals surface area (Å²) in [6.07, 6.45) is 1.51. The number of para-hydroxylation sites is 1. The summed E-state index contributed by atoms with van der Waals surface area (Å²) in [7, 11) is -4.51. The zero-order valence-electron chi connectivity index (χ0n) is 14.0. The number of halogens is 1. The van der Waals surface area contributed by atoms with Crippen LogP contribution in [0.1, 0.15) is 18.7 Å². The molecule has 0 aliphatic rings. The number of hydrogen-bond acceptors (Lipinski definition) is 6. The third kappa shape index (κ3) is 3.83. The molecule has 2 aromatic carbocycles. The molecule has 0 aliphatic carbocycles. The van der Waals surface area contributed by atoms with E-state index >= 15 is 0 Å². The first kappa shape index (κ1) is 18.6. The summed E-state index contributed by atoms with van der Waals surface area (Å²) >= 11 is 0. The Balaban J connectivity index is 1.89. The molecule has 1 aromatic heterocycles. The van der Waals surface area contributed by atoms with Crippen LogP contribution in [-0.4, -0.2) is 28.3 Å². The van der Waals surface area contributed by atoms with Crippen molar-refractivity contribution >= 4 is 15.7 Å². The lowest BCUT2D eigenvalue weighted by Crippen LogP contribution is -2.28. The Morgan fingerprint density at radius 3 is 2.56 bits per heavy atom. The Labute approximate surface area is 153 Å². The summed E-state index contributed by atoms with van der Waals surface area (Å²) in [6.45, 7) is 1.48. The van der Waals surface area contributed by atoms with Crippen LogP contribution in [0.4, 0.5) is 10.1 Å². The highest BCUT2D eigenvalue weighted by molar-refractivity contribution is 7.89. The van der Waals surface area contributed by atoms with Crippen LogP contribution in [-0.2, 0) is 10.0 Å². The molecule has 3 aromatic rings. The minimum absolute atomic E-state index is 0.265. The van der Waals surface area contributed by atoms with E-state index in [0.29, 0.717) is 0 Å². The number of nitro benzene ring substituents is 1. The van der Waals surface area contributed by atoms with Gasteiger partial charge in [-0.05, 0) is 25.1 Å². The fourth-order valence-electron chi connectivity index (χ4n) is 2.44. The van der Waals surface area contributed by atoms with E-state index in [1.54, 1.807) is 24.3 Å². The molecule has 0 fully saturated rings. The number of aromatic nitrogens is 3. The SMILES string of the molecule is CC(NS(=O)(=O)c1c(F)cccc1[N+](=O)[O-])c1cn(-c2ccccc2)nn1. The van der Waals surface area contributed by atoms with Gasteiger partial charge in [-0.15, -0.1) is 5.10 Å². The molecule has 9 nitrogen and oxygen atoms in total. The molecule has 1 N–H and O–H groups in total. The van der Waals surface area contributed by atoms with Gasteiger partial charge in [-0.1, -0.05) is 29.5 Å². The minimum atomic E-state index is -4.51. The number of benzene rings is 2. The molecule has 0 bridgehead atoms. The van der Waals surface area contributed by atoms with Gasteiger partial charge in [-0.2, -0.15) is 0 Å². The maximum absolute atomic E-state index is 14.0. The highest BCUT2D eigenvalue weighted by Crippen LogP contribution is 2.27. The first-order valence-corrected chi connectivity index (χ1v) is 9.21. The van der Waals surface area contributed by atoms with Crippen LogP contribution in [0.25, 0.3) is 5.69 Å². The average molecular weight is 391 g/mol. The predicted molar refractivity (Wildman–Crippen MR) is 93.1 cm³/mol. The predicted octanol–water partition coefficient (Wildman–Crippen LogP) is 2.35. The number of hydrogen-bond donors (Lipinski definition) is 1. The largest absolute Gasteiger partial charge is 0.292 e. The molecule has 1 heterocycles. The van der Waals surface area contributed by atoms with Crippen LogP contribution >= 0.6 is 0 Å². The van der Waals surface area contributed by atoms with E-state index in [-0.39, 0.29) is 5.69 Å². The maximum Gasteiger partial charge on any atom is 0.292 e. The van der Waals surface area contributed by atoms with Crippen molar-refractivity contribution in [3.8, 4) is 5.69 Å². The van der Waals surface area contributed by atoms with Crippen molar-refractivity contribution in [2.24, 2.45) is 0 Å². The van der Waals surface area contributed by atoms with Crippen molar-refractivity contribution in [3.63, 3.8) is 0 Å². The van der Waals surface area contributed by atoms with Crippen molar-refractivity contribution in [2.45, 2.75) is 17.9 Å². The van der Waals surface area contributed by atoms with Gasteiger partial charge in [-0.3, -0.25) is 10.1 Å². The molecule has 3 rings (SSSR count). The van der Waals surface area contributed by atoms with Crippen LogP contribution in [0.2, 0.25) is 0 Å². The van der Waals surface area contributed by atoms with Crippen molar-refractivity contribution in [1.82, 2.24) is 19.7 Å². The highest BCUT2D eigenvalue weighted by Gasteiger charge is 2.31. The van der Waals surface area contributed by atoms with Gasteiger partial charge < -0.3 is 0 Å². The van der Waals surface area contributed by atoms with Crippen molar-refractivity contribution in [1.29, 1.82) is 0 Å². The summed E-state index contributed by atoms with van der Waals surface area (Å²) < 4.78 is 42.7. The first-order chi connectivity index (χ1) is 12.8. The van der Waals surface area contributed by atoms with Gasteiger partial charge in [-0.25, -0.2) is 22.2 Å². The van der Waals surface area contributed by atoms with Gasteiger partial charge in [0.15, 0.2) is 4.90 Å². The number of sulfonamides is 1. The van der Waals surface area contributed by atoms with E-state index in [2.05, 4.69) is 15.0 Å². The first-order valence-electron chi connectivity index (χ1n) is 7.72. The smallest absolute Gasteiger partial charge is 0.258 e. The van der Waals surface area contributed by atoms with Gasteiger partial charge in [0.2, 0.25) is 0 Å². The molecular formula is C16H14FN5O4S. The Hall–Kier alpha value is -3.18. The number of nitrogens with one attached hydrogen (secondary N) is 1. The summed E-state index contributed by atoms with van der Waals surface area (Å²) in [5.41, 5.74) is 0.139. The van der Waals surface area contributed by atoms with E-state index in [4.69, 9.17) is 0 Å². The zero-order valence-corrected chi connectivity index (χ0v) is 14.8. The molecule has 0 saturated heterocycles. The summed E-state index contributed by atoms with van der Waals surface area (Å²) in [5.74, 6) is -1.21. The Bertz CT molecular complexity index is 1090. The molecule has 0 spiro atoms. The third-order valence-corrected chi connectivity index (χ3v) is 5.32. The maximum atomic E-state index is 14.0. The lowest BCUT2D eigenvalue weighted by molar-refractivity contribution is -0.388. The van der Waals surface area contributed by atoms with Crippen LogP contribution in [0, 0.1) is 15.9 Å². The minimum Gasteiger partial charge on any atom is -0.258 e. The lowest BCUT2D eigenvalue weighted by atomic mass is 10.3. The monoisotopic (exact) mass is 391 g/mol. The fourth-order valence-corrected chi connectivity index (χ4v) is 3.89. The molecule has 0 saturated carbocycles. The van der Waals surface area contributed by atoms with Gasteiger partial charge >= 0.3 is 0 Å². The molecule has 27 heavy (non-hydrogen) atoms. The standard InChI is InChI=1S/C16H14FN5O4S/c1-11(14-10-21(20-18-14)12-6-3-2-4-7-12)19-27(25,26)16-13(17)8-5-9-15(16)22(23)24/h2-11,19H,1H3. The summed E-state index contributed by atoms with van der Waals surface area (Å²) in [4.78, 5) is 9.09. The van der Waals surface area contributed by atoms with Crippen LogP contribution in [0.15, 0.2) is 59.6 Å². The molecular weight excluding hydrogens is 377 g/mol. The quantitative estimate of drug-likeness (QED) is 0.509. The molecule has 140 valence electrons. The molecule has 0 radical (unpaired) electrons. The van der Waals surface area contributed by atoms with Crippen molar-refractivity contribution in [3.05, 3.63) is 76.4 Å². The van der Waals surface area contributed by atoms with E-state index < -0.39 is 37.4 Å². The molecule has 0 amide bonds. The van der Waals surface area contributed by atoms with E-state index in [1.165, 1.54) is 17.8 Å². The van der Waals surface area contributed by atoms with Crippen molar-refractivity contribution in [2.75, 3.05) is 0 Å². The number of nitro groups is 1. The lowest BCUT2D eigenvalue weighted by Gasteiger charge is -2.12. The van der Waals surface area contributed by atoms with Gasteiger partial charge in [0.25, 0.3) is 15.7 Å². The molecule has 1 atom stereocenters.